The summed E-state index contributed by atoms with van der Waals surface area (Å²) in [5.41, 5.74) is 0. The van der Waals surface area contributed by atoms with Crippen molar-refractivity contribution in [2.75, 3.05) is 14.1 Å². The zero-order valence-corrected chi connectivity index (χ0v) is 9.89. The van der Waals surface area contributed by atoms with Gasteiger partial charge in [-0.1, -0.05) is 25.3 Å². The van der Waals surface area contributed by atoms with Crippen LogP contribution < -0.4 is 0 Å². The second kappa shape index (κ2) is 7.41. The third kappa shape index (κ3) is 5.53. The predicted octanol–water partition coefficient (Wildman–Crippen LogP) is 2.96. The molecule has 0 N–H and O–H groups in total. The average Bonchev–Trinajstić information content (AvgIpc) is 2.33. The maximum Gasteiger partial charge on any atom is 0.0267 e. The van der Waals surface area contributed by atoms with E-state index in [1.165, 1.54) is 32.1 Å². The van der Waals surface area contributed by atoms with Crippen LogP contribution in [0, 0.1) is 0 Å². The van der Waals surface area contributed by atoms with Crippen LogP contribution >= 0.6 is 0 Å². The summed E-state index contributed by atoms with van der Waals surface area (Å²) in [4.78, 5) is 6.14. The smallest absolute Gasteiger partial charge is 0.0267 e. The van der Waals surface area contributed by atoms with E-state index in [1.807, 2.05) is 18.2 Å². The first-order chi connectivity index (χ1) is 7.30. The molecule has 0 aromatic carbocycles. The summed E-state index contributed by atoms with van der Waals surface area (Å²) >= 11 is 0. The number of nitrogens with zero attached hydrogens (tertiary/aromatic N) is 2. The van der Waals surface area contributed by atoms with Crippen molar-refractivity contribution in [2.24, 2.45) is 0 Å². The Kier molecular flexibility index (Phi) is 6.02. The minimum atomic E-state index is 0.888. The molecule has 1 saturated carbocycles. The molecule has 1 heterocycles. The van der Waals surface area contributed by atoms with Crippen molar-refractivity contribution >= 4 is 0 Å². The number of hydrogen-bond donors (Lipinski definition) is 0. The van der Waals surface area contributed by atoms with Gasteiger partial charge in [0, 0.05) is 18.4 Å². The summed E-state index contributed by atoms with van der Waals surface area (Å²) in [7, 11) is 4.38. The Labute approximate surface area is 93.3 Å². The third-order valence-electron chi connectivity index (χ3n) is 2.87. The van der Waals surface area contributed by atoms with E-state index in [0.29, 0.717) is 0 Å². The number of rotatable bonds is 1. The van der Waals surface area contributed by atoms with Crippen LogP contribution in [0.1, 0.15) is 32.1 Å². The second-order valence-corrected chi connectivity index (χ2v) is 4.28. The molecular weight excluding hydrogens is 184 g/mol. The summed E-state index contributed by atoms with van der Waals surface area (Å²) in [6.07, 6.45) is 10.7. The molecule has 1 aliphatic rings. The zero-order chi connectivity index (χ0) is 10.9. The molecular formula is C13H22N2. The molecule has 0 bridgehead atoms. The first kappa shape index (κ1) is 12.2. The van der Waals surface area contributed by atoms with E-state index < -0.39 is 0 Å². The molecule has 1 fully saturated rings. The molecule has 2 heteroatoms. The van der Waals surface area contributed by atoms with Gasteiger partial charge < -0.3 is 4.90 Å². The fourth-order valence-corrected chi connectivity index (χ4v) is 1.91. The Bertz CT molecular complexity index is 201. The average molecular weight is 206 g/mol. The van der Waals surface area contributed by atoms with Crippen molar-refractivity contribution < 1.29 is 0 Å². The van der Waals surface area contributed by atoms with Gasteiger partial charge in [0.1, 0.15) is 0 Å². The Morgan fingerprint density at radius 1 is 0.933 bits per heavy atom. The molecule has 0 aliphatic heterocycles. The minimum Gasteiger partial charge on any atom is -0.306 e. The Morgan fingerprint density at radius 3 is 1.80 bits per heavy atom. The summed E-state index contributed by atoms with van der Waals surface area (Å²) < 4.78 is 0. The molecule has 1 aromatic heterocycles. The molecule has 2 rings (SSSR count). The first-order valence-electron chi connectivity index (χ1n) is 5.82. The molecule has 1 aliphatic carbocycles. The molecule has 0 atom stereocenters. The number of hydrogen-bond acceptors (Lipinski definition) is 2. The molecule has 2 nitrogen and oxygen atoms in total. The first-order valence-corrected chi connectivity index (χ1v) is 5.82. The highest BCUT2D eigenvalue weighted by Crippen LogP contribution is 2.20. The van der Waals surface area contributed by atoms with E-state index in [-0.39, 0.29) is 0 Å². The van der Waals surface area contributed by atoms with Crippen LogP contribution in [0.3, 0.4) is 0 Å². The second-order valence-electron chi connectivity index (χ2n) is 4.28. The van der Waals surface area contributed by atoms with Crippen molar-refractivity contribution in [1.82, 2.24) is 9.88 Å². The SMILES string of the molecule is CN(C)C1CCCCC1.c1ccncc1. The molecule has 84 valence electrons. The van der Waals surface area contributed by atoms with Gasteiger partial charge in [-0.2, -0.15) is 0 Å². The van der Waals surface area contributed by atoms with Gasteiger partial charge in [0.15, 0.2) is 0 Å². The highest BCUT2D eigenvalue weighted by molar-refractivity contribution is 4.88. The lowest BCUT2D eigenvalue weighted by Gasteiger charge is -2.27. The van der Waals surface area contributed by atoms with Gasteiger partial charge in [-0.15, -0.1) is 0 Å². The van der Waals surface area contributed by atoms with Crippen molar-refractivity contribution in [3.63, 3.8) is 0 Å². The van der Waals surface area contributed by atoms with Gasteiger partial charge in [0.25, 0.3) is 0 Å². The fraction of sp³-hybridized carbons (Fsp3) is 0.615. The maximum absolute atomic E-state index is 3.78. The molecule has 0 spiro atoms. The Morgan fingerprint density at radius 2 is 1.53 bits per heavy atom. The van der Waals surface area contributed by atoms with E-state index in [2.05, 4.69) is 24.0 Å². The topological polar surface area (TPSA) is 16.1 Å². The normalized spacial score (nSPS) is 17.0. The lowest BCUT2D eigenvalue weighted by molar-refractivity contribution is 0.229. The van der Waals surface area contributed by atoms with E-state index in [4.69, 9.17) is 0 Å². The van der Waals surface area contributed by atoms with E-state index in [9.17, 15) is 0 Å². The van der Waals surface area contributed by atoms with Crippen LogP contribution in [0.5, 0.6) is 0 Å². The van der Waals surface area contributed by atoms with Crippen LogP contribution in [0.2, 0.25) is 0 Å². The monoisotopic (exact) mass is 206 g/mol. The van der Waals surface area contributed by atoms with Crippen LogP contribution in [-0.2, 0) is 0 Å². The van der Waals surface area contributed by atoms with Crippen LogP contribution in [0.25, 0.3) is 0 Å². The van der Waals surface area contributed by atoms with Gasteiger partial charge >= 0.3 is 0 Å². The molecule has 0 unspecified atom stereocenters. The van der Waals surface area contributed by atoms with Gasteiger partial charge in [0.05, 0.1) is 0 Å². The number of pyridine rings is 1. The Balaban J connectivity index is 0.000000162. The largest absolute Gasteiger partial charge is 0.306 e. The highest BCUT2D eigenvalue weighted by atomic mass is 15.1. The minimum absolute atomic E-state index is 0.888. The zero-order valence-electron chi connectivity index (χ0n) is 9.89. The van der Waals surface area contributed by atoms with Crippen molar-refractivity contribution in [3.05, 3.63) is 30.6 Å². The molecule has 0 radical (unpaired) electrons. The number of aromatic nitrogens is 1. The summed E-state index contributed by atoms with van der Waals surface area (Å²) in [5.74, 6) is 0. The van der Waals surface area contributed by atoms with Crippen LogP contribution in [0.15, 0.2) is 30.6 Å². The van der Waals surface area contributed by atoms with E-state index in [1.54, 1.807) is 12.4 Å². The summed E-state index contributed by atoms with van der Waals surface area (Å²) in [6.45, 7) is 0. The van der Waals surface area contributed by atoms with Gasteiger partial charge in [-0.3, -0.25) is 4.98 Å². The molecule has 0 saturated heterocycles. The van der Waals surface area contributed by atoms with Gasteiger partial charge in [-0.25, -0.2) is 0 Å². The van der Waals surface area contributed by atoms with Gasteiger partial charge in [0.2, 0.25) is 0 Å². The van der Waals surface area contributed by atoms with Crippen LogP contribution in [0.4, 0.5) is 0 Å². The van der Waals surface area contributed by atoms with E-state index in [0.717, 1.165) is 6.04 Å². The Hall–Kier alpha value is -0.890. The standard InChI is InChI=1S/C8H17N.C5H5N/c1-9(2)8-6-4-3-5-7-8;1-2-4-6-5-3-1/h8H,3-7H2,1-2H3;1-5H. The summed E-state index contributed by atoms with van der Waals surface area (Å²) in [5, 5.41) is 0. The van der Waals surface area contributed by atoms with E-state index >= 15 is 0 Å². The lowest BCUT2D eigenvalue weighted by Crippen LogP contribution is -2.29. The lowest BCUT2D eigenvalue weighted by atomic mass is 9.95. The van der Waals surface area contributed by atoms with Crippen molar-refractivity contribution in [2.45, 2.75) is 38.1 Å². The van der Waals surface area contributed by atoms with Crippen molar-refractivity contribution in [3.8, 4) is 0 Å². The maximum atomic E-state index is 3.78. The van der Waals surface area contributed by atoms with Crippen molar-refractivity contribution in [1.29, 1.82) is 0 Å². The molecule has 15 heavy (non-hydrogen) atoms. The quantitative estimate of drug-likeness (QED) is 0.702. The predicted molar refractivity (Wildman–Crippen MR) is 64.8 cm³/mol. The van der Waals surface area contributed by atoms with Gasteiger partial charge in [-0.05, 0) is 39.1 Å². The fourth-order valence-electron chi connectivity index (χ4n) is 1.91. The molecule has 0 amide bonds. The third-order valence-corrected chi connectivity index (χ3v) is 2.87. The highest BCUT2D eigenvalue weighted by Gasteiger charge is 2.13. The van der Waals surface area contributed by atoms with Crippen LogP contribution in [-0.4, -0.2) is 30.0 Å². The molecule has 1 aromatic rings. The summed E-state index contributed by atoms with van der Waals surface area (Å²) in [6, 6.07) is 6.60.